The zero-order valence-electron chi connectivity index (χ0n) is 28.7. The molecule has 0 amide bonds. The van der Waals surface area contributed by atoms with Gasteiger partial charge >= 0.3 is 0 Å². The molecule has 0 radical (unpaired) electrons. The minimum absolute atomic E-state index is 0.499. The maximum atomic E-state index is 2.54. The number of nitrogens with zero attached hydrogens (tertiary/aromatic N) is 1. The molecule has 9 aromatic rings. The van der Waals surface area contributed by atoms with Gasteiger partial charge in [0.25, 0.3) is 0 Å². The van der Waals surface area contributed by atoms with Crippen molar-refractivity contribution in [1.82, 2.24) is 0 Å². The number of para-hydroxylation sites is 1. The molecule has 0 aromatic heterocycles. The molecule has 0 unspecified atom stereocenters. The Kier molecular flexibility index (Phi) is 7.11. The summed E-state index contributed by atoms with van der Waals surface area (Å²) >= 11 is 0. The van der Waals surface area contributed by atoms with E-state index in [-0.39, 0.29) is 0 Å². The summed E-state index contributed by atoms with van der Waals surface area (Å²) in [5.41, 5.74) is 13.0. The Morgan fingerprint density at radius 3 is 1.46 bits per heavy atom. The molecule has 10 rings (SSSR count). The van der Waals surface area contributed by atoms with Crippen LogP contribution in [0.25, 0.3) is 43.8 Å². The molecule has 0 atom stereocenters. The van der Waals surface area contributed by atoms with E-state index in [1.54, 1.807) is 0 Å². The smallest absolute Gasteiger partial charge is 0.0714 e. The zero-order valence-corrected chi connectivity index (χ0v) is 28.7. The Balaban J connectivity index is 1.39. The Labute approximate surface area is 304 Å². The molecule has 1 nitrogen and oxygen atoms in total. The number of anilines is 3. The van der Waals surface area contributed by atoms with E-state index in [4.69, 9.17) is 0 Å². The van der Waals surface area contributed by atoms with Gasteiger partial charge in [0.05, 0.1) is 16.8 Å². The Bertz CT molecular complexity index is 2680. The molecule has 0 fully saturated rings. The van der Waals surface area contributed by atoms with E-state index >= 15 is 0 Å². The number of hydrogen-bond donors (Lipinski definition) is 0. The molecule has 9 aromatic carbocycles. The molecular formula is C51H35N. The monoisotopic (exact) mass is 661 g/mol. The van der Waals surface area contributed by atoms with Crippen LogP contribution in [-0.4, -0.2) is 0 Å². The van der Waals surface area contributed by atoms with E-state index in [0.29, 0.717) is 0 Å². The molecular weight excluding hydrogens is 627 g/mol. The fourth-order valence-corrected chi connectivity index (χ4v) is 8.88. The maximum absolute atomic E-state index is 2.54. The lowest BCUT2D eigenvalue weighted by Gasteiger charge is -2.35. The van der Waals surface area contributed by atoms with E-state index in [1.807, 2.05) is 0 Å². The molecule has 0 bridgehead atoms. The van der Waals surface area contributed by atoms with E-state index in [0.717, 1.165) is 11.4 Å². The van der Waals surface area contributed by atoms with Gasteiger partial charge in [-0.3, -0.25) is 0 Å². The van der Waals surface area contributed by atoms with Crippen LogP contribution in [0.2, 0.25) is 0 Å². The van der Waals surface area contributed by atoms with Gasteiger partial charge in [-0.1, -0.05) is 194 Å². The third-order valence-corrected chi connectivity index (χ3v) is 10.9. The maximum Gasteiger partial charge on any atom is 0.0714 e. The molecule has 244 valence electrons. The van der Waals surface area contributed by atoms with Gasteiger partial charge < -0.3 is 4.90 Å². The summed E-state index contributed by atoms with van der Waals surface area (Å²) in [4.78, 5) is 2.54. The average Bonchev–Trinajstić information content (AvgIpc) is 3.54. The van der Waals surface area contributed by atoms with Gasteiger partial charge in [0.2, 0.25) is 0 Å². The van der Waals surface area contributed by atoms with E-state index in [1.165, 1.54) is 71.7 Å². The van der Waals surface area contributed by atoms with Crippen LogP contribution in [0.1, 0.15) is 22.3 Å². The Hall–Kier alpha value is -6.70. The lowest BCUT2D eigenvalue weighted by molar-refractivity contribution is 0.768. The second kappa shape index (κ2) is 12.3. The Morgan fingerprint density at radius 2 is 0.808 bits per heavy atom. The van der Waals surface area contributed by atoms with Crippen LogP contribution in [0.15, 0.2) is 212 Å². The molecule has 0 saturated carbocycles. The highest BCUT2D eigenvalue weighted by Gasteiger charge is 2.47. The predicted molar refractivity (Wildman–Crippen MR) is 219 cm³/mol. The number of fused-ring (bicyclic) bond motifs is 6. The molecule has 0 N–H and O–H groups in total. The van der Waals surface area contributed by atoms with E-state index in [2.05, 4.69) is 217 Å². The fraction of sp³-hybridized carbons (Fsp3) is 0.0196. The second-order valence-corrected chi connectivity index (χ2v) is 13.6. The van der Waals surface area contributed by atoms with Gasteiger partial charge in [-0.25, -0.2) is 0 Å². The second-order valence-electron chi connectivity index (χ2n) is 13.6. The molecule has 1 heteroatoms. The first-order chi connectivity index (χ1) is 25.9. The number of hydrogen-bond acceptors (Lipinski definition) is 1. The molecule has 1 aliphatic rings. The SMILES string of the molecule is c1ccc(-c2c(N(c3ccccc3)c3cccc4c3-c3ccccc3C4(c3ccccc3)c3ccccc3)c3ccccc3c3ccccc23)cc1. The third-order valence-electron chi connectivity index (χ3n) is 10.9. The van der Waals surface area contributed by atoms with Crippen molar-refractivity contribution in [2.45, 2.75) is 5.41 Å². The van der Waals surface area contributed by atoms with Crippen LogP contribution in [0.3, 0.4) is 0 Å². The van der Waals surface area contributed by atoms with Crippen molar-refractivity contribution in [2.75, 3.05) is 4.90 Å². The van der Waals surface area contributed by atoms with Crippen molar-refractivity contribution in [1.29, 1.82) is 0 Å². The first kappa shape index (κ1) is 30.2. The average molecular weight is 662 g/mol. The number of benzene rings is 9. The van der Waals surface area contributed by atoms with E-state index in [9.17, 15) is 0 Å². The Morgan fingerprint density at radius 1 is 0.327 bits per heavy atom. The van der Waals surface area contributed by atoms with Crippen LogP contribution < -0.4 is 4.90 Å². The van der Waals surface area contributed by atoms with Gasteiger partial charge in [-0.2, -0.15) is 0 Å². The molecule has 0 heterocycles. The molecule has 0 saturated heterocycles. The lowest BCUT2D eigenvalue weighted by atomic mass is 9.68. The quantitative estimate of drug-likeness (QED) is 0.160. The molecule has 0 spiro atoms. The summed E-state index contributed by atoms with van der Waals surface area (Å²) in [5.74, 6) is 0. The first-order valence-electron chi connectivity index (χ1n) is 18.0. The van der Waals surface area contributed by atoms with Crippen molar-refractivity contribution in [3.63, 3.8) is 0 Å². The molecule has 0 aliphatic heterocycles. The van der Waals surface area contributed by atoms with E-state index < -0.39 is 5.41 Å². The third kappa shape index (κ3) is 4.43. The summed E-state index contributed by atoms with van der Waals surface area (Å²) in [5, 5.41) is 4.94. The normalized spacial score (nSPS) is 12.8. The van der Waals surface area contributed by atoms with Gasteiger partial charge in [-0.15, -0.1) is 0 Å². The van der Waals surface area contributed by atoms with Crippen LogP contribution in [0.5, 0.6) is 0 Å². The topological polar surface area (TPSA) is 3.24 Å². The van der Waals surface area contributed by atoms with Gasteiger partial charge in [0, 0.05) is 22.2 Å². The van der Waals surface area contributed by atoms with Crippen LogP contribution >= 0.6 is 0 Å². The minimum Gasteiger partial charge on any atom is -0.309 e. The fourth-order valence-electron chi connectivity index (χ4n) is 8.88. The highest BCUT2D eigenvalue weighted by atomic mass is 15.2. The van der Waals surface area contributed by atoms with Gasteiger partial charge in [0.15, 0.2) is 0 Å². The predicted octanol–water partition coefficient (Wildman–Crippen LogP) is 13.5. The minimum atomic E-state index is -0.499. The van der Waals surface area contributed by atoms with Gasteiger partial charge in [0.1, 0.15) is 0 Å². The lowest BCUT2D eigenvalue weighted by Crippen LogP contribution is -2.28. The molecule has 52 heavy (non-hydrogen) atoms. The van der Waals surface area contributed by atoms with Crippen molar-refractivity contribution in [2.24, 2.45) is 0 Å². The number of rotatable bonds is 6. The largest absolute Gasteiger partial charge is 0.309 e. The summed E-state index contributed by atoms with van der Waals surface area (Å²) in [7, 11) is 0. The van der Waals surface area contributed by atoms with Crippen molar-refractivity contribution < 1.29 is 0 Å². The molecule has 1 aliphatic carbocycles. The van der Waals surface area contributed by atoms with Crippen LogP contribution in [-0.2, 0) is 5.41 Å². The van der Waals surface area contributed by atoms with Crippen molar-refractivity contribution in [3.8, 4) is 22.3 Å². The highest BCUT2D eigenvalue weighted by Crippen LogP contribution is 2.60. The van der Waals surface area contributed by atoms with Gasteiger partial charge in [-0.05, 0) is 67.7 Å². The standard InChI is InChI=1S/C51H35N/c1-5-20-36(21-6-1)48-42-30-15-13-28-40(42)41-29-14-16-31-43(41)50(48)52(39-26-11-4-12-27-39)47-35-19-34-46-49(47)44-32-17-18-33-45(44)51(46,37-22-7-2-8-23-37)38-24-9-3-10-25-38/h1-35H. The summed E-state index contributed by atoms with van der Waals surface area (Å²) < 4.78 is 0. The van der Waals surface area contributed by atoms with Crippen molar-refractivity contribution >= 4 is 38.6 Å². The summed E-state index contributed by atoms with van der Waals surface area (Å²) in [6, 6.07) is 77.8. The summed E-state index contributed by atoms with van der Waals surface area (Å²) in [6.07, 6.45) is 0. The summed E-state index contributed by atoms with van der Waals surface area (Å²) in [6.45, 7) is 0. The first-order valence-corrected chi connectivity index (χ1v) is 18.0. The zero-order chi connectivity index (χ0) is 34.5. The van der Waals surface area contributed by atoms with Crippen LogP contribution in [0.4, 0.5) is 17.1 Å². The van der Waals surface area contributed by atoms with Crippen molar-refractivity contribution in [3.05, 3.63) is 235 Å². The van der Waals surface area contributed by atoms with Crippen LogP contribution in [0, 0.1) is 0 Å². The highest BCUT2D eigenvalue weighted by molar-refractivity contribution is 6.23.